The number of nitrogens with one attached hydrogen (secondary N) is 1. The highest BCUT2D eigenvalue weighted by Crippen LogP contribution is 2.24. The van der Waals surface area contributed by atoms with Crippen LogP contribution in [0.25, 0.3) is 11.4 Å². The molecule has 0 fully saturated rings. The van der Waals surface area contributed by atoms with Gasteiger partial charge in [-0.25, -0.2) is 0 Å². The molecule has 24 heavy (non-hydrogen) atoms. The van der Waals surface area contributed by atoms with Crippen LogP contribution in [-0.4, -0.2) is 20.7 Å². The minimum absolute atomic E-state index is 0.0435. The Morgan fingerprint density at radius 1 is 1.21 bits per heavy atom. The predicted molar refractivity (Wildman–Crippen MR) is 95.7 cm³/mol. The van der Waals surface area contributed by atoms with E-state index in [0.29, 0.717) is 0 Å². The number of aryl methyl sites for hydroxylation is 1. The maximum atomic E-state index is 12.1. The van der Waals surface area contributed by atoms with Gasteiger partial charge in [-0.1, -0.05) is 26.7 Å². The summed E-state index contributed by atoms with van der Waals surface area (Å²) in [5.41, 5.74) is 1.89. The molecule has 1 atom stereocenters. The van der Waals surface area contributed by atoms with E-state index in [1.165, 1.54) is 19.3 Å². The number of carbonyl (C=O) groups is 1. The normalized spacial score (nSPS) is 15.4. The van der Waals surface area contributed by atoms with Gasteiger partial charge in [-0.05, 0) is 43.5 Å². The molecule has 1 aromatic heterocycles. The monoisotopic (exact) mass is 326 g/mol. The molecule has 0 saturated heterocycles. The number of fused-ring (bicyclic) bond motifs is 1. The molecule has 5 nitrogen and oxygen atoms in total. The van der Waals surface area contributed by atoms with Gasteiger partial charge < -0.3 is 9.88 Å². The molecule has 3 rings (SSSR count). The number of nitrogens with zero attached hydrogens (tertiary/aromatic N) is 3. The lowest BCUT2D eigenvalue weighted by atomic mass is 10.1. The Hall–Kier alpha value is -2.17. The molecule has 0 unspecified atom stereocenters. The van der Waals surface area contributed by atoms with Crippen LogP contribution in [0.1, 0.15) is 51.8 Å². The van der Waals surface area contributed by atoms with E-state index < -0.39 is 0 Å². The number of hydrogen-bond acceptors (Lipinski definition) is 3. The summed E-state index contributed by atoms with van der Waals surface area (Å²) in [6.45, 7) is 5.06. The number of benzene rings is 1. The van der Waals surface area contributed by atoms with E-state index in [4.69, 9.17) is 0 Å². The highest BCUT2D eigenvalue weighted by Gasteiger charge is 2.16. The lowest BCUT2D eigenvalue weighted by Gasteiger charge is -2.12. The molecular formula is C19H26N4O. The second-order valence-electron chi connectivity index (χ2n) is 6.66. The molecule has 1 amide bonds. The van der Waals surface area contributed by atoms with Crippen molar-refractivity contribution in [3.63, 3.8) is 0 Å². The predicted octanol–water partition coefficient (Wildman–Crippen LogP) is 4.05. The zero-order chi connectivity index (χ0) is 16.9. The van der Waals surface area contributed by atoms with Crippen LogP contribution in [-0.2, 0) is 17.8 Å². The van der Waals surface area contributed by atoms with Gasteiger partial charge in [0.05, 0.1) is 0 Å². The summed E-state index contributed by atoms with van der Waals surface area (Å²) >= 11 is 0. The second-order valence-corrected chi connectivity index (χ2v) is 6.66. The quantitative estimate of drug-likeness (QED) is 0.902. The van der Waals surface area contributed by atoms with Gasteiger partial charge >= 0.3 is 0 Å². The molecule has 0 aliphatic carbocycles. The van der Waals surface area contributed by atoms with Crippen LogP contribution in [0, 0.1) is 5.92 Å². The largest absolute Gasteiger partial charge is 0.326 e. The van der Waals surface area contributed by atoms with Crippen LogP contribution in [0.15, 0.2) is 24.3 Å². The van der Waals surface area contributed by atoms with Gasteiger partial charge in [0.2, 0.25) is 5.91 Å². The smallest absolute Gasteiger partial charge is 0.227 e. The van der Waals surface area contributed by atoms with Crippen LogP contribution < -0.4 is 5.32 Å². The van der Waals surface area contributed by atoms with Crippen molar-refractivity contribution in [1.82, 2.24) is 14.8 Å². The van der Waals surface area contributed by atoms with E-state index in [1.54, 1.807) is 0 Å². The molecule has 1 aliphatic heterocycles. The zero-order valence-corrected chi connectivity index (χ0v) is 14.6. The number of anilines is 1. The Bertz CT molecular complexity index is 690. The average molecular weight is 326 g/mol. The topological polar surface area (TPSA) is 59.8 Å². The number of hydrogen-bond donors (Lipinski definition) is 1. The van der Waals surface area contributed by atoms with Crippen LogP contribution in [0.5, 0.6) is 0 Å². The van der Waals surface area contributed by atoms with E-state index in [1.807, 2.05) is 31.2 Å². The Morgan fingerprint density at radius 2 is 2.00 bits per heavy atom. The van der Waals surface area contributed by atoms with Crippen LogP contribution >= 0.6 is 0 Å². The van der Waals surface area contributed by atoms with E-state index in [0.717, 1.165) is 48.7 Å². The standard InChI is InChI=1S/C19H26N4O/c1-3-7-14(2)19(24)20-16-11-9-15(10-12-16)18-22-21-17-8-5-4-6-13-23(17)18/h9-12,14H,3-8,13H2,1-2H3,(H,20,24)/t14-/m0/s1. The van der Waals surface area contributed by atoms with Gasteiger partial charge in [-0.3, -0.25) is 4.79 Å². The third-order valence-corrected chi connectivity index (χ3v) is 4.69. The fraction of sp³-hybridized carbons (Fsp3) is 0.526. The minimum atomic E-state index is 0.0435. The summed E-state index contributed by atoms with van der Waals surface area (Å²) in [6.07, 6.45) is 6.57. The number of rotatable bonds is 5. The molecule has 0 bridgehead atoms. The zero-order valence-electron chi connectivity index (χ0n) is 14.6. The summed E-state index contributed by atoms with van der Waals surface area (Å²) in [6, 6.07) is 7.93. The van der Waals surface area contributed by atoms with Crippen molar-refractivity contribution < 1.29 is 4.79 Å². The van der Waals surface area contributed by atoms with Crippen molar-refractivity contribution in [2.45, 2.75) is 58.9 Å². The van der Waals surface area contributed by atoms with E-state index >= 15 is 0 Å². The first kappa shape index (κ1) is 16.7. The Balaban J connectivity index is 1.73. The third kappa shape index (κ3) is 3.66. The lowest BCUT2D eigenvalue weighted by Crippen LogP contribution is -2.20. The Kier molecular flexibility index (Phi) is 5.28. The molecule has 0 spiro atoms. The molecule has 0 radical (unpaired) electrons. The maximum Gasteiger partial charge on any atom is 0.227 e. The first-order chi connectivity index (χ1) is 11.7. The SMILES string of the molecule is CCC[C@H](C)C(=O)Nc1ccc(-c2nnc3n2CCCCC3)cc1. The summed E-state index contributed by atoms with van der Waals surface area (Å²) in [4.78, 5) is 12.1. The van der Waals surface area contributed by atoms with Gasteiger partial charge in [-0.15, -0.1) is 10.2 Å². The van der Waals surface area contributed by atoms with E-state index in [9.17, 15) is 4.79 Å². The number of aromatic nitrogens is 3. The fourth-order valence-corrected chi connectivity index (χ4v) is 3.23. The molecule has 128 valence electrons. The third-order valence-electron chi connectivity index (χ3n) is 4.69. The Morgan fingerprint density at radius 3 is 2.75 bits per heavy atom. The first-order valence-electron chi connectivity index (χ1n) is 9.02. The second kappa shape index (κ2) is 7.60. The van der Waals surface area contributed by atoms with Crippen molar-refractivity contribution in [2.24, 2.45) is 5.92 Å². The first-order valence-corrected chi connectivity index (χ1v) is 9.02. The van der Waals surface area contributed by atoms with Crippen LogP contribution in [0.3, 0.4) is 0 Å². The molecular weight excluding hydrogens is 300 g/mol. The summed E-state index contributed by atoms with van der Waals surface area (Å²) in [5, 5.41) is 11.7. The number of carbonyl (C=O) groups excluding carboxylic acids is 1. The summed E-state index contributed by atoms with van der Waals surface area (Å²) < 4.78 is 2.24. The van der Waals surface area contributed by atoms with Crippen LogP contribution in [0.4, 0.5) is 5.69 Å². The highest BCUT2D eigenvalue weighted by molar-refractivity contribution is 5.92. The minimum Gasteiger partial charge on any atom is -0.326 e. The highest BCUT2D eigenvalue weighted by atomic mass is 16.1. The van der Waals surface area contributed by atoms with Crippen molar-refractivity contribution in [3.05, 3.63) is 30.1 Å². The van der Waals surface area contributed by atoms with Crippen molar-refractivity contribution in [2.75, 3.05) is 5.32 Å². The number of amides is 1. The van der Waals surface area contributed by atoms with E-state index in [2.05, 4.69) is 27.0 Å². The Labute approximate surface area is 143 Å². The van der Waals surface area contributed by atoms with Crippen molar-refractivity contribution in [3.8, 4) is 11.4 Å². The fourth-order valence-electron chi connectivity index (χ4n) is 3.23. The molecule has 2 aromatic rings. The van der Waals surface area contributed by atoms with Crippen molar-refractivity contribution in [1.29, 1.82) is 0 Å². The van der Waals surface area contributed by atoms with Gasteiger partial charge in [0.25, 0.3) is 0 Å². The van der Waals surface area contributed by atoms with Gasteiger partial charge in [0, 0.05) is 30.1 Å². The van der Waals surface area contributed by atoms with Crippen molar-refractivity contribution >= 4 is 11.6 Å². The van der Waals surface area contributed by atoms with E-state index in [-0.39, 0.29) is 11.8 Å². The molecule has 0 saturated carbocycles. The van der Waals surface area contributed by atoms with Gasteiger partial charge in [-0.2, -0.15) is 0 Å². The lowest BCUT2D eigenvalue weighted by molar-refractivity contribution is -0.119. The molecule has 1 aliphatic rings. The molecule has 5 heteroatoms. The maximum absolute atomic E-state index is 12.1. The average Bonchev–Trinajstić information content (AvgIpc) is 2.84. The molecule has 1 N–H and O–H groups in total. The van der Waals surface area contributed by atoms with Gasteiger partial charge in [0.1, 0.15) is 5.82 Å². The van der Waals surface area contributed by atoms with Gasteiger partial charge in [0.15, 0.2) is 5.82 Å². The van der Waals surface area contributed by atoms with Crippen LogP contribution in [0.2, 0.25) is 0 Å². The summed E-state index contributed by atoms with van der Waals surface area (Å²) in [5.74, 6) is 2.15. The molecule has 2 heterocycles. The summed E-state index contributed by atoms with van der Waals surface area (Å²) in [7, 11) is 0. The molecule has 1 aromatic carbocycles.